The fraction of sp³-hybridized carbons (Fsp3) is 0.917. The van der Waals surface area contributed by atoms with Crippen LogP contribution < -0.4 is 0 Å². The zero-order chi connectivity index (χ0) is 21.4. The van der Waals surface area contributed by atoms with Crippen molar-refractivity contribution in [2.45, 2.75) is 77.7 Å². The minimum Gasteiger partial charge on any atom is -0.450 e. The highest BCUT2D eigenvalue weighted by molar-refractivity contribution is 5.86. The zero-order valence-corrected chi connectivity index (χ0v) is 19.5. The Morgan fingerprint density at radius 3 is 2.57 bits per heavy atom. The molecule has 2 saturated heterocycles. The predicted octanol–water partition coefficient (Wildman–Crippen LogP) is 4.38. The molecule has 3 fully saturated rings. The standard InChI is InChI=1S/C24H43N3O3/c1-4-8-22(25-12-6-7-16-29-3)20-9-13-26(14-10-20)21-17-24(18-21)11-15-27(19-24)23(28)30-5-2/h20-21H,4-19H2,1-3H3. The molecule has 3 aliphatic rings. The Labute approximate surface area is 183 Å². The number of likely N-dealkylation sites (tertiary alicyclic amines) is 2. The van der Waals surface area contributed by atoms with E-state index in [1.165, 1.54) is 50.9 Å². The molecule has 6 heteroatoms. The van der Waals surface area contributed by atoms with Crippen molar-refractivity contribution in [3.8, 4) is 0 Å². The fourth-order valence-electron chi connectivity index (χ4n) is 5.68. The largest absolute Gasteiger partial charge is 0.450 e. The van der Waals surface area contributed by atoms with Crippen molar-refractivity contribution in [2.24, 2.45) is 16.3 Å². The van der Waals surface area contributed by atoms with Crippen LogP contribution in [0.3, 0.4) is 0 Å². The number of hydrogen-bond donors (Lipinski definition) is 0. The van der Waals surface area contributed by atoms with E-state index in [0.29, 0.717) is 24.0 Å². The van der Waals surface area contributed by atoms with E-state index in [1.807, 2.05) is 11.8 Å². The van der Waals surface area contributed by atoms with Gasteiger partial charge in [-0.25, -0.2) is 4.79 Å². The maximum Gasteiger partial charge on any atom is 0.409 e. The first kappa shape index (κ1) is 23.5. The van der Waals surface area contributed by atoms with Gasteiger partial charge < -0.3 is 19.3 Å². The predicted molar refractivity (Wildman–Crippen MR) is 121 cm³/mol. The zero-order valence-electron chi connectivity index (χ0n) is 19.5. The van der Waals surface area contributed by atoms with Crippen molar-refractivity contribution in [3.05, 3.63) is 0 Å². The smallest absolute Gasteiger partial charge is 0.409 e. The summed E-state index contributed by atoms with van der Waals surface area (Å²) in [5, 5.41) is 0. The Bertz CT molecular complexity index is 566. The Balaban J connectivity index is 1.40. The van der Waals surface area contributed by atoms with E-state index in [2.05, 4.69) is 11.8 Å². The molecule has 1 aliphatic carbocycles. The number of ether oxygens (including phenoxy) is 2. The van der Waals surface area contributed by atoms with Crippen LogP contribution in [-0.2, 0) is 9.47 Å². The molecule has 2 aliphatic heterocycles. The number of amides is 1. The highest BCUT2D eigenvalue weighted by Gasteiger charge is 2.51. The van der Waals surface area contributed by atoms with Crippen LogP contribution in [0.25, 0.3) is 0 Å². The van der Waals surface area contributed by atoms with Crippen LogP contribution in [0.4, 0.5) is 4.79 Å². The molecule has 2 heterocycles. The highest BCUT2D eigenvalue weighted by Crippen LogP contribution is 2.50. The van der Waals surface area contributed by atoms with Gasteiger partial charge in [0.25, 0.3) is 0 Å². The van der Waals surface area contributed by atoms with Gasteiger partial charge in [-0.2, -0.15) is 0 Å². The molecule has 3 rings (SSSR count). The average molecular weight is 422 g/mol. The summed E-state index contributed by atoms with van der Waals surface area (Å²) in [6.07, 6.45) is 10.6. The molecule has 0 unspecified atom stereocenters. The van der Waals surface area contributed by atoms with E-state index in [4.69, 9.17) is 14.5 Å². The molecule has 0 aromatic heterocycles. The summed E-state index contributed by atoms with van der Waals surface area (Å²) in [4.78, 5) is 21.7. The monoisotopic (exact) mass is 421 g/mol. The van der Waals surface area contributed by atoms with Crippen molar-refractivity contribution < 1.29 is 14.3 Å². The van der Waals surface area contributed by atoms with Crippen LogP contribution in [0.1, 0.15) is 71.6 Å². The second-order valence-electron chi connectivity index (χ2n) is 9.57. The van der Waals surface area contributed by atoms with E-state index in [9.17, 15) is 4.79 Å². The summed E-state index contributed by atoms with van der Waals surface area (Å²) in [6.45, 7) is 10.6. The van der Waals surface area contributed by atoms with E-state index < -0.39 is 0 Å². The molecular formula is C24H43N3O3. The van der Waals surface area contributed by atoms with Gasteiger partial charge in [0.05, 0.1) is 6.61 Å². The Hall–Kier alpha value is -1.14. The number of nitrogens with zero attached hydrogens (tertiary/aromatic N) is 3. The molecule has 0 radical (unpaired) electrons. The summed E-state index contributed by atoms with van der Waals surface area (Å²) in [6, 6.07) is 0.716. The number of methoxy groups -OCH3 is 1. The number of carbonyl (C=O) groups excluding carboxylic acids is 1. The molecule has 1 saturated carbocycles. The Kier molecular flexibility index (Phi) is 8.99. The third kappa shape index (κ3) is 5.97. The first-order valence-corrected chi connectivity index (χ1v) is 12.3. The summed E-state index contributed by atoms with van der Waals surface area (Å²) in [5.41, 5.74) is 1.84. The lowest BCUT2D eigenvalue weighted by Crippen LogP contribution is -2.54. The molecule has 6 nitrogen and oxygen atoms in total. The van der Waals surface area contributed by atoms with E-state index in [-0.39, 0.29) is 6.09 Å². The van der Waals surface area contributed by atoms with Crippen molar-refractivity contribution in [1.82, 2.24) is 9.80 Å². The van der Waals surface area contributed by atoms with Crippen LogP contribution in [0.2, 0.25) is 0 Å². The lowest BCUT2D eigenvalue weighted by atomic mass is 9.64. The van der Waals surface area contributed by atoms with E-state index in [1.54, 1.807) is 7.11 Å². The molecular weight excluding hydrogens is 378 g/mol. The Morgan fingerprint density at radius 1 is 1.13 bits per heavy atom. The van der Waals surface area contributed by atoms with Gasteiger partial charge in [-0.3, -0.25) is 4.99 Å². The number of rotatable bonds is 10. The van der Waals surface area contributed by atoms with Gasteiger partial charge in [-0.05, 0) is 82.7 Å². The minimum absolute atomic E-state index is 0.122. The second kappa shape index (κ2) is 11.5. The lowest BCUT2D eigenvalue weighted by Gasteiger charge is -2.51. The quantitative estimate of drug-likeness (QED) is 0.388. The minimum atomic E-state index is -0.122. The number of hydrogen-bond acceptors (Lipinski definition) is 5. The summed E-state index contributed by atoms with van der Waals surface area (Å²) < 4.78 is 10.3. The van der Waals surface area contributed by atoms with Crippen molar-refractivity contribution in [3.63, 3.8) is 0 Å². The van der Waals surface area contributed by atoms with Crippen LogP contribution in [0.15, 0.2) is 4.99 Å². The van der Waals surface area contributed by atoms with Gasteiger partial charge in [-0.15, -0.1) is 0 Å². The van der Waals surface area contributed by atoms with Gasteiger partial charge in [0.1, 0.15) is 0 Å². The molecule has 0 N–H and O–H groups in total. The molecule has 30 heavy (non-hydrogen) atoms. The van der Waals surface area contributed by atoms with Crippen LogP contribution >= 0.6 is 0 Å². The average Bonchev–Trinajstić information content (AvgIpc) is 3.18. The molecule has 1 amide bonds. The number of piperidine rings is 1. The molecule has 0 aromatic rings. The number of unbranched alkanes of at least 4 members (excludes halogenated alkanes) is 1. The maximum absolute atomic E-state index is 12.0. The summed E-state index contributed by atoms with van der Waals surface area (Å²) in [5.74, 6) is 0.684. The Morgan fingerprint density at radius 2 is 1.90 bits per heavy atom. The van der Waals surface area contributed by atoms with Crippen LogP contribution in [-0.4, -0.2) is 80.7 Å². The van der Waals surface area contributed by atoms with Gasteiger partial charge in [-0.1, -0.05) is 13.3 Å². The van der Waals surface area contributed by atoms with E-state index in [0.717, 1.165) is 51.9 Å². The number of aliphatic imine (C=N–C) groups is 1. The third-order valence-electron chi connectivity index (χ3n) is 7.40. The van der Waals surface area contributed by atoms with Gasteiger partial charge >= 0.3 is 6.09 Å². The van der Waals surface area contributed by atoms with Gasteiger partial charge in [0, 0.05) is 45.1 Å². The first-order valence-electron chi connectivity index (χ1n) is 12.3. The van der Waals surface area contributed by atoms with Crippen LogP contribution in [0.5, 0.6) is 0 Å². The second-order valence-corrected chi connectivity index (χ2v) is 9.57. The lowest BCUT2D eigenvalue weighted by molar-refractivity contribution is -0.00549. The molecule has 1 spiro atoms. The molecule has 0 aromatic carbocycles. The van der Waals surface area contributed by atoms with Gasteiger partial charge in [0.15, 0.2) is 0 Å². The van der Waals surface area contributed by atoms with Crippen molar-refractivity contribution in [1.29, 1.82) is 0 Å². The highest BCUT2D eigenvalue weighted by atomic mass is 16.6. The summed E-state index contributed by atoms with van der Waals surface area (Å²) in [7, 11) is 1.77. The third-order valence-corrected chi connectivity index (χ3v) is 7.40. The van der Waals surface area contributed by atoms with Gasteiger partial charge in [0.2, 0.25) is 0 Å². The topological polar surface area (TPSA) is 54.4 Å². The SMILES string of the molecule is CCCC(=NCCCCOC)C1CCN(C2CC3(CCN(C(=O)OCC)C3)C2)CC1. The molecule has 0 atom stereocenters. The normalized spacial score (nSPS) is 28.2. The van der Waals surface area contributed by atoms with E-state index >= 15 is 0 Å². The number of carbonyl (C=O) groups is 1. The maximum atomic E-state index is 12.0. The van der Waals surface area contributed by atoms with Crippen molar-refractivity contribution >= 4 is 11.8 Å². The molecule has 172 valence electrons. The summed E-state index contributed by atoms with van der Waals surface area (Å²) >= 11 is 0. The van der Waals surface area contributed by atoms with Crippen molar-refractivity contribution in [2.75, 3.05) is 53.0 Å². The van der Waals surface area contributed by atoms with Crippen LogP contribution in [0, 0.1) is 11.3 Å². The molecule has 0 bridgehead atoms. The fourth-order valence-corrected chi connectivity index (χ4v) is 5.68. The first-order chi connectivity index (χ1) is 14.6.